The highest BCUT2D eigenvalue weighted by Gasteiger charge is 2.30. The Hall–Kier alpha value is -2.42. The first-order valence-corrected chi connectivity index (χ1v) is 11.4. The van der Waals surface area contributed by atoms with Crippen LogP contribution in [0.4, 0.5) is 0 Å². The van der Waals surface area contributed by atoms with Crippen LogP contribution < -0.4 is 16.0 Å². The van der Waals surface area contributed by atoms with E-state index in [1.54, 1.807) is 12.1 Å². The lowest BCUT2D eigenvalue weighted by Crippen LogP contribution is -2.53. The largest absolute Gasteiger partial charge is 0.351 e. The fourth-order valence-electron chi connectivity index (χ4n) is 4.23. The van der Waals surface area contributed by atoms with Crippen LogP contribution in [-0.4, -0.2) is 33.9 Å². The SMILES string of the molecule is O=C(NC1CCCCC1NC(=O)c1nc2c(s1)CNC2)c1cc2cc(Cl)ccc2[nH]1. The first kappa shape index (κ1) is 19.5. The van der Waals surface area contributed by atoms with E-state index in [1.165, 1.54) is 11.3 Å². The molecule has 0 saturated heterocycles. The molecule has 1 aromatic carbocycles. The minimum atomic E-state index is -0.173. The second-order valence-electron chi connectivity index (χ2n) is 7.85. The van der Waals surface area contributed by atoms with Crippen LogP contribution in [0.1, 0.15) is 56.5 Å². The first-order chi connectivity index (χ1) is 14.6. The number of H-pyrrole nitrogens is 1. The van der Waals surface area contributed by atoms with Gasteiger partial charge in [0.25, 0.3) is 11.8 Å². The van der Waals surface area contributed by atoms with Crippen LogP contribution in [0.15, 0.2) is 24.3 Å². The van der Waals surface area contributed by atoms with Crippen molar-refractivity contribution in [3.63, 3.8) is 0 Å². The zero-order chi connectivity index (χ0) is 20.7. The maximum Gasteiger partial charge on any atom is 0.280 e. The number of hydrogen-bond donors (Lipinski definition) is 4. The molecule has 5 rings (SSSR count). The number of carbonyl (C=O) groups is 2. The third-order valence-electron chi connectivity index (χ3n) is 5.78. The van der Waals surface area contributed by atoms with Gasteiger partial charge in [-0.1, -0.05) is 24.4 Å². The third-order valence-corrected chi connectivity index (χ3v) is 7.11. The summed E-state index contributed by atoms with van der Waals surface area (Å²) in [5.74, 6) is -0.325. The number of benzene rings is 1. The number of hydrogen-bond acceptors (Lipinski definition) is 5. The van der Waals surface area contributed by atoms with Crippen LogP contribution in [0.5, 0.6) is 0 Å². The third kappa shape index (κ3) is 3.82. The molecule has 0 radical (unpaired) electrons. The number of amides is 2. The molecule has 4 N–H and O–H groups in total. The standard InChI is InChI=1S/C21H22ClN5O2S/c22-12-5-6-13-11(7-12)8-16(24-13)19(28)25-14-3-1-2-4-15(14)26-20(29)21-27-17-9-23-10-18(17)30-21/h5-8,14-15,23-24H,1-4,9-10H2,(H,25,28)(H,26,29). The van der Waals surface area contributed by atoms with Crippen molar-refractivity contribution >= 4 is 45.7 Å². The van der Waals surface area contributed by atoms with Crippen molar-refractivity contribution in [2.24, 2.45) is 0 Å². The highest BCUT2D eigenvalue weighted by atomic mass is 35.5. The van der Waals surface area contributed by atoms with Gasteiger partial charge >= 0.3 is 0 Å². The predicted molar refractivity (Wildman–Crippen MR) is 117 cm³/mol. The molecular formula is C21H22ClN5O2S. The Balaban J connectivity index is 1.28. The average molecular weight is 444 g/mol. The van der Waals surface area contributed by atoms with E-state index >= 15 is 0 Å². The summed E-state index contributed by atoms with van der Waals surface area (Å²) in [7, 11) is 0. The smallest absolute Gasteiger partial charge is 0.280 e. The van der Waals surface area contributed by atoms with Crippen LogP contribution in [0, 0.1) is 0 Å². The molecule has 7 nitrogen and oxygen atoms in total. The van der Waals surface area contributed by atoms with Gasteiger partial charge in [-0.2, -0.15) is 0 Å². The monoisotopic (exact) mass is 443 g/mol. The lowest BCUT2D eigenvalue weighted by atomic mass is 9.90. The molecule has 1 saturated carbocycles. The fraction of sp³-hybridized carbons (Fsp3) is 0.381. The topological polar surface area (TPSA) is 98.9 Å². The number of halogens is 1. The van der Waals surface area contributed by atoms with E-state index in [4.69, 9.17) is 11.6 Å². The Labute approximate surface area is 182 Å². The van der Waals surface area contributed by atoms with E-state index in [0.717, 1.165) is 60.2 Å². The number of thiazole rings is 1. The summed E-state index contributed by atoms with van der Waals surface area (Å²) >= 11 is 7.49. The van der Waals surface area contributed by atoms with E-state index in [2.05, 4.69) is 25.9 Å². The van der Waals surface area contributed by atoms with Crippen molar-refractivity contribution < 1.29 is 9.59 Å². The number of nitrogens with zero attached hydrogens (tertiary/aromatic N) is 1. The maximum atomic E-state index is 12.9. The minimum Gasteiger partial charge on any atom is -0.351 e. The van der Waals surface area contributed by atoms with Gasteiger partial charge in [-0.3, -0.25) is 9.59 Å². The fourth-order valence-corrected chi connectivity index (χ4v) is 5.36. The lowest BCUT2D eigenvalue weighted by molar-refractivity contribution is 0.0860. The molecule has 30 heavy (non-hydrogen) atoms. The Morgan fingerprint density at radius 1 is 1.07 bits per heavy atom. The number of rotatable bonds is 4. The molecule has 3 heterocycles. The Bertz CT molecular complexity index is 1100. The summed E-state index contributed by atoms with van der Waals surface area (Å²) in [5, 5.41) is 11.5. The van der Waals surface area contributed by atoms with Crippen molar-refractivity contribution in [1.29, 1.82) is 0 Å². The van der Waals surface area contributed by atoms with E-state index in [-0.39, 0.29) is 23.9 Å². The number of carbonyl (C=O) groups excluding carboxylic acids is 2. The molecule has 2 unspecified atom stereocenters. The zero-order valence-electron chi connectivity index (χ0n) is 16.3. The molecule has 2 atom stereocenters. The minimum absolute atomic E-state index is 0.106. The molecule has 3 aromatic rings. The van der Waals surface area contributed by atoms with Gasteiger partial charge in [0.05, 0.1) is 5.69 Å². The van der Waals surface area contributed by atoms with Crippen LogP contribution in [0.25, 0.3) is 10.9 Å². The summed E-state index contributed by atoms with van der Waals surface area (Å²) in [5.41, 5.74) is 2.33. The lowest BCUT2D eigenvalue weighted by Gasteiger charge is -2.32. The normalized spacial score (nSPS) is 20.8. The highest BCUT2D eigenvalue weighted by Crippen LogP contribution is 2.25. The van der Waals surface area contributed by atoms with Gasteiger partial charge in [-0.15, -0.1) is 11.3 Å². The molecule has 0 spiro atoms. The predicted octanol–water partition coefficient (Wildman–Crippen LogP) is 3.35. The van der Waals surface area contributed by atoms with E-state index < -0.39 is 0 Å². The number of aromatic nitrogens is 2. The Kier molecular flexibility index (Phi) is 5.22. The van der Waals surface area contributed by atoms with Crippen molar-refractivity contribution in [3.8, 4) is 0 Å². The average Bonchev–Trinajstić information content (AvgIpc) is 3.43. The van der Waals surface area contributed by atoms with Crippen LogP contribution in [0.2, 0.25) is 5.02 Å². The quantitative estimate of drug-likeness (QED) is 0.497. The van der Waals surface area contributed by atoms with Gasteiger partial charge in [0, 0.05) is 46.0 Å². The zero-order valence-corrected chi connectivity index (χ0v) is 17.8. The van der Waals surface area contributed by atoms with Crippen molar-refractivity contribution in [1.82, 2.24) is 25.9 Å². The van der Waals surface area contributed by atoms with Gasteiger partial charge in [0.2, 0.25) is 0 Å². The van der Waals surface area contributed by atoms with Gasteiger partial charge in [0.15, 0.2) is 5.01 Å². The summed E-state index contributed by atoms with van der Waals surface area (Å²) < 4.78 is 0. The number of fused-ring (bicyclic) bond motifs is 2. The van der Waals surface area contributed by atoms with E-state index in [0.29, 0.717) is 15.7 Å². The molecular weight excluding hydrogens is 422 g/mol. The Morgan fingerprint density at radius 2 is 1.83 bits per heavy atom. The number of nitrogens with one attached hydrogen (secondary N) is 4. The highest BCUT2D eigenvalue weighted by molar-refractivity contribution is 7.13. The maximum absolute atomic E-state index is 12.9. The molecule has 0 bridgehead atoms. The number of aromatic amines is 1. The second-order valence-corrected chi connectivity index (χ2v) is 9.37. The Morgan fingerprint density at radius 3 is 2.60 bits per heavy atom. The van der Waals surface area contributed by atoms with Crippen molar-refractivity contribution in [3.05, 3.63) is 50.6 Å². The van der Waals surface area contributed by atoms with Crippen LogP contribution in [-0.2, 0) is 13.1 Å². The molecule has 1 aliphatic heterocycles. The van der Waals surface area contributed by atoms with Crippen molar-refractivity contribution in [2.75, 3.05) is 0 Å². The molecule has 2 aromatic heterocycles. The van der Waals surface area contributed by atoms with E-state index in [1.807, 2.05) is 12.1 Å². The van der Waals surface area contributed by atoms with Crippen molar-refractivity contribution in [2.45, 2.75) is 50.9 Å². The summed E-state index contributed by atoms with van der Waals surface area (Å²) in [4.78, 5) is 34.3. The summed E-state index contributed by atoms with van der Waals surface area (Å²) in [6, 6.07) is 7.06. The van der Waals surface area contributed by atoms with Gasteiger partial charge in [-0.25, -0.2) is 4.98 Å². The molecule has 1 aliphatic carbocycles. The van der Waals surface area contributed by atoms with Gasteiger partial charge in [0.1, 0.15) is 5.69 Å². The van der Waals surface area contributed by atoms with Gasteiger partial charge in [-0.05, 0) is 37.1 Å². The molecule has 1 fully saturated rings. The molecule has 2 aliphatic rings. The molecule has 2 amide bonds. The summed E-state index contributed by atoms with van der Waals surface area (Å²) in [6.07, 6.45) is 3.73. The van der Waals surface area contributed by atoms with Crippen LogP contribution >= 0.6 is 22.9 Å². The van der Waals surface area contributed by atoms with Gasteiger partial charge < -0.3 is 20.9 Å². The summed E-state index contributed by atoms with van der Waals surface area (Å²) in [6.45, 7) is 1.50. The first-order valence-electron chi connectivity index (χ1n) is 10.2. The molecule has 156 valence electrons. The van der Waals surface area contributed by atoms with Crippen LogP contribution in [0.3, 0.4) is 0 Å². The molecule has 9 heteroatoms. The second kappa shape index (κ2) is 8.02. The van der Waals surface area contributed by atoms with E-state index in [9.17, 15) is 9.59 Å².